The highest BCUT2D eigenvalue weighted by Gasteiger charge is 2.07. The van der Waals surface area contributed by atoms with Crippen molar-refractivity contribution in [3.8, 4) is 5.75 Å². The van der Waals surface area contributed by atoms with Gasteiger partial charge in [-0.05, 0) is 48.4 Å². The molecule has 142 valence electrons. The second-order valence-corrected chi connectivity index (χ2v) is 6.28. The molecule has 0 aliphatic rings. The maximum Gasteiger partial charge on any atom is 0.343 e. The van der Waals surface area contributed by atoms with Gasteiger partial charge in [-0.2, -0.15) is 5.10 Å². The van der Waals surface area contributed by atoms with E-state index in [1.54, 1.807) is 54.7 Å². The van der Waals surface area contributed by atoms with E-state index >= 15 is 0 Å². The van der Waals surface area contributed by atoms with Gasteiger partial charge < -0.3 is 4.74 Å². The van der Waals surface area contributed by atoms with Crippen molar-refractivity contribution < 1.29 is 14.3 Å². The molecular formula is C22H26N2O3. The molecule has 2 aromatic rings. The number of amides is 1. The first kappa shape index (κ1) is 20.4. The molecule has 0 atom stereocenters. The van der Waals surface area contributed by atoms with Crippen LogP contribution in [0.3, 0.4) is 0 Å². The molecule has 2 aromatic carbocycles. The topological polar surface area (TPSA) is 67.8 Å². The molecule has 0 radical (unpaired) electrons. The minimum absolute atomic E-state index is 0.0730. The monoisotopic (exact) mass is 366 g/mol. The number of ether oxygens (including phenoxy) is 1. The van der Waals surface area contributed by atoms with Gasteiger partial charge >= 0.3 is 5.97 Å². The number of carbonyl (C=O) groups is 2. The van der Waals surface area contributed by atoms with E-state index in [2.05, 4.69) is 17.5 Å². The first-order chi connectivity index (χ1) is 13.2. The Hall–Kier alpha value is -2.95. The summed E-state index contributed by atoms with van der Waals surface area (Å²) < 4.78 is 5.32. The molecule has 27 heavy (non-hydrogen) atoms. The number of benzene rings is 2. The molecule has 0 aliphatic heterocycles. The van der Waals surface area contributed by atoms with Crippen LogP contribution in [0, 0.1) is 0 Å². The average molecular weight is 366 g/mol. The standard InChI is InChI=1S/C22H26N2O3/c1-2-3-4-5-9-12-21(25)24-23-17-18-13-15-20(16-14-18)27-22(26)19-10-7-6-8-11-19/h6-8,10-11,13-17H,2-5,9,12H2,1H3,(H,24,25)/b23-17+. The van der Waals surface area contributed by atoms with E-state index < -0.39 is 5.97 Å². The Labute approximate surface area is 160 Å². The van der Waals surface area contributed by atoms with Crippen LogP contribution in [0.15, 0.2) is 59.7 Å². The summed E-state index contributed by atoms with van der Waals surface area (Å²) in [6.45, 7) is 2.17. The fourth-order valence-corrected chi connectivity index (χ4v) is 2.49. The first-order valence-electron chi connectivity index (χ1n) is 9.38. The maximum absolute atomic E-state index is 12.0. The van der Waals surface area contributed by atoms with E-state index in [4.69, 9.17) is 4.74 Å². The Bertz CT molecular complexity index is 740. The number of nitrogens with one attached hydrogen (secondary N) is 1. The zero-order chi connectivity index (χ0) is 19.3. The molecule has 2 rings (SSSR count). The zero-order valence-electron chi connectivity index (χ0n) is 15.7. The molecule has 0 unspecified atom stereocenters. The van der Waals surface area contributed by atoms with Crippen LogP contribution in [0.25, 0.3) is 0 Å². The van der Waals surface area contributed by atoms with Crippen LogP contribution in [0.1, 0.15) is 61.4 Å². The lowest BCUT2D eigenvalue weighted by atomic mass is 10.1. The average Bonchev–Trinajstić information content (AvgIpc) is 2.70. The lowest BCUT2D eigenvalue weighted by molar-refractivity contribution is -0.121. The fraction of sp³-hybridized carbons (Fsp3) is 0.318. The second-order valence-electron chi connectivity index (χ2n) is 6.28. The van der Waals surface area contributed by atoms with Gasteiger partial charge in [0.05, 0.1) is 11.8 Å². The van der Waals surface area contributed by atoms with Gasteiger partial charge in [0.2, 0.25) is 5.91 Å². The quantitative estimate of drug-likeness (QED) is 0.218. The van der Waals surface area contributed by atoms with E-state index in [0.717, 1.165) is 18.4 Å². The molecule has 0 aliphatic carbocycles. The Morgan fingerprint density at radius 1 is 0.963 bits per heavy atom. The predicted octanol–water partition coefficient (Wildman–Crippen LogP) is 4.72. The van der Waals surface area contributed by atoms with Crippen molar-refractivity contribution in [1.82, 2.24) is 5.43 Å². The fourth-order valence-electron chi connectivity index (χ4n) is 2.49. The van der Waals surface area contributed by atoms with Crippen molar-refractivity contribution in [3.63, 3.8) is 0 Å². The normalized spacial score (nSPS) is 10.7. The number of hydrogen-bond acceptors (Lipinski definition) is 4. The highest BCUT2D eigenvalue weighted by Crippen LogP contribution is 2.13. The molecule has 0 fully saturated rings. The van der Waals surface area contributed by atoms with E-state index in [-0.39, 0.29) is 5.91 Å². The van der Waals surface area contributed by atoms with Crippen molar-refractivity contribution in [2.75, 3.05) is 0 Å². The van der Waals surface area contributed by atoms with Gasteiger partial charge in [0.1, 0.15) is 5.75 Å². The molecule has 1 amide bonds. The molecule has 0 saturated heterocycles. The lowest BCUT2D eigenvalue weighted by Crippen LogP contribution is -2.16. The van der Waals surface area contributed by atoms with Gasteiger partial charge in [-0.1, -0.05) is 50.8 Å². The number of unbranched alkanes of at least 4 members (excludes halogenated alkanes) is 4. The van der Waals surface area contributed by atoms with Gasteiger partial charge in [-0.3, -0.25) is 4.79 Å². The lowest BCUT2D eigenvalue weighted by Gasteiger charge is -2.04. The van der Waals surface area contributed by atoms with Crippen LogP contribution in [0.2, 0.25) is 0 Å². The summed E-state index contributed by atoms with van der Waals surface area (Å²) in [5.41, 5.74) is 3.84. The van der Waals surface area contributed by atoms with E-state index in [1.807, 2.05) is 6.07 Å². The minimum atomic E-state index is -0.400. The summed E-state index contributed by atoms with van der Waals surface area (Å²) in [6, 6.07) is 15.8. The molecule has 0 heterocycles. The number of nitrogens with zero attached hydrogens (tertiary/aromatic N) is 1. The van der Waals surface area contributed by atoms with E-state index in [0.29, 0.717) is 17.7 Å². The van der Waals surface area contributed by atoms with Crippen molar-refractivity contribution >= 4 is 18.1 Å². The Morgan fingerprint density at radius 2 is 1.67 bits per heavy atom. The van der Waals surface area contributed by atoms with Gasteiger partial charge in [-0.25, -0.2) is 10.2 Å². The zero-order valence-corrected chi connectivity index (χ0v) is 15.7. The van der Waals surface area contributed by atoms with Gasteiger partial charge in [0.15, 0.2) is 0 Å². The smallest absolute Gasteiger partial charge is 0.343 e. The first-order valence-corrected chi connectivity index (χ1v) is 9.38. The summed E-state index contributed by atoms with van der Waals surface area (Å²) >= 11 is 0. The molecule has 0 aromatic heterocycles. The largest absolute Gasteiger partial charge is 0.423 e. The summed E-state index contributed by atoms with van der Waals surface area (Å²) in [6.07, 6.45) is 7.62. The van der Waals surface area contributed by atoms with E-state index in [1.165, 1.54) is 19.3 Å². The van der Waals surface area contributed by atoms with Gasteiger partial charge in [0.25, 0.3) is 0 Å². The minimum Gasteiger partial charge on any atom is -0.423 e. The molecule has 0 spiro atoms. The summed E-state index contributed by atoms with van der Waals surface area (Å²) in [7, 11) is 0. The van der Waals surface area contributed by atoms with Crippen LogP contribution < -0.4 is 10.2 Å². The van der Waals surface area contributed by atoms with E-state index in [9.17, 15) is 9.59 Å². The third kappa shape index (κ3) is 7.86. The summed E-state index contributed by atoms with van der Waals surface area (Å²) in [5.74, 6) is -0.0171. The highest BCUT2D eigenvalue weighted by atomic mass is 16.5. The molecule has 0 bridgehead atoms. The van der Waals surface area contributed by atoms with Crippen molar-refractivity contribution in [3.05, 3.63) is 65.7 Å². The third-order valence-electron chi connectivity index (χ3n) is 4.01. The van der Waals surface area contributed by atoms with Gasteiger partial charge in [0, 0.05) is 6.42 Å². The Morgan fingerprint density at radius 3 is 2.37 bits per heavy atom. The number of hydrazone groups is 1. The van der Waals surface area contributed by atoms with Crippen molar-refractivity contribution in [1.29, 1.82) is 0 Å². The summed E-state index contributed by atoms with van der Waals surface area (Å²) in [4.78, 5) is 23.7. The maximum atomic E-state index is 12.0. The molecule has 0 saturated carbocycles. The predicted molar refractivity (Wildman–Crippen MR) is 107 cm³/mol. The van der Waals surface area contributed by atoms with Crippen LogP contribution in [0.4, 0.5) is 0 Å². The SMILES string of the molecule is CCCCCCCC(=O)N/N=C/c1ccc(OC(=O)c2ccccc2)cc1. The van der Waals surface area contributed by atoms with Crippen molar-refractivity contribution in [2.45, 2.75) is 45.4 Å². The van der Waals surface area contributed by atoms with Crippen LogP contribution in [0.5, 0.6) is 5.75 Å². The second kappa shape index (κ2) is 11.6. The van der Waals surface area contributed by atoms with Crippen molar-refractivity contribution in [2.24, 2.45) is 5.10 Å². The number of carbonyl (C=O) groups excluding carboxylic acids is 2. The molecule has 5 heteroatoms. The van der Waals surface area contributed by atoms with Crippen LogP contribution >= 0.6 is 0 Å². The Kier molecular flexibility index (Phi) is 8.77. The summed E-state index contributed by atoms with van der Waals surface area (Å²) in [5, 5.41) is 3.96. The third-order valence-corrected chi connectivity index (χ3v) is 4.01. The highest BCUT2D eigenvalue weighted by molar-refractivity contribution is 5.91. The number of hydrogen-bond donors (Lipinski definition) is 1. The van der Waals surface area contributed by atoms with Gasteiger partial charge in [-0.15, -0.1) is 0 Å². The van der Waals surface area contributed by atoms with Crippen LogP contribution in [-0.2, 0) is 4.79 Å². The Balaban J connectivity index is 1.74. The molecule has 5 nitrogen and oxygen atoms in total. The molecule has 1 N–H and O–H groups in total. The van der Waals surface area contributed by atoms with Crippen LogP contribution in [-0.4, -0.2) is 18.1 Å². The number of rotatable bonds is 10. The molecular weight excluding hydrogens is 340 g/mol. The number of esters is 1.